The smallest absolute Gasteiger partial charge is 0.167 e. The minimum atomic E-state index is 0.0703. The van der Waals surface area contributed by atoms with Gasteiger partial charge < -0.3 is 11.5 Å². The number of nitrogen functional groups attached to an aromatic ring is 1. The van der Waals surface area contributed by atoms with Crippen LogP contribution in [0.4, 0.5) is 5.82 Å². The van der Waals surface area contributed by atoms with E-state index in [2.05, 4.69) is 28.3 Å². The first-order chi connectivity index (χ1) is 16.1. The first kappa shape index (κ1) is 19.2. The van der Waals surface area contributed by atoms with E-state index < -0.39 is 0 Å². The Bertz CT molecular complexity index is 1570. The zero-order valence-corrected chi connectivity index (χ0v) is 17.6. The molecule has 0 amide bonds. The lowest BCUT2D eigenvalue weighted by Crippen LogP contribution is -2.06. The number of rotatable bonds is 3. The van der Waals surface area contributed by atoms with Crippen LogP contribution in [0.5, 0.6) is 0 Å². The van der Waals surface area contributed by atoms with Gasteiger partial charge in [0.2, 0.25) is 0 Å². The predicted molar refractivity (Wildman–Crippen MR) is 124 cm³/mol. The molecule has 5 aromatic rings. The Morgan fingerprint density at radius 2 is 2.03 bits per heavy atom. The van der Waals surface area contributed by atoms with Crippen molar-refractivity contribution >= 4 is 17.0 Å². The van der Waals surface area contributed by atoms with E-state index in [0.717, 1.165) is 24.1 Å². The van der Waals surface area contributed by atoms with Crippen LogP contribution in [0.25, 0.3) is 34.1 Å². The van der Waals surface area contributed by atoms with Crippen LogP contribution in [0.1, 0.15) is 29.2 Å². The average Bonchev–Trinajstić information content (AvgIpc) is 3.55. The Morgan fingerprint density at radius 3 is 2.85 bits per heavy atom. The molecular formula is C24H19N9. The fourth-order valence-electron chi connectivity index (χ4n) is 4.39. The number of aromatic nitrogens is 6. The lowest BCUT2D eigenvalue weighted by atomic mass is 10.1. The molecule has 1 aromatic carbocycles. The molecule has 0 unspecified atom stereocenters. The molecule has 0 saturated carbocycles. The van der Waals surface area contributed by atoms with Crippen molar-refractivity contribution in [1.82, 2.24) is 29.3 Å². The zero-order valence-electron chi connectivity index (χ0n) is 17.6. The lowest BCUT2D eigenvalue weighted by Gasteiger charge is -2.13. The van der Waals surface area contributed by atoms with Crippen LogP contribution >= 0.6 is 0 Å². The molecule has 1 aliphatic carbocycles. The number of nitriles is 1. The molecule has 1 atom stereocenters. The molecule has 0 fully saturated rings. The molecular weight excluding hydrogens is 414 g/mol. The summed E-state index contributed by atoms with van der Waals surface area (Å²) in [5, 5.41) is 13.4. The molecule has 33 heavy (non-hydrogen) atoms. The number of hydrogen-bond donors (Lipinski definition) is 2. The number of nitrogens with two attached hydrogens (primary N) is 2. The van der Waals surface area contributed by atoms with Crippen molar-refractivity contribution in [3.8, 4) is 29.0 Å². The summed E-state index contributed by atoms with van der Waals surface area (Å²) < 4.78 is 3.57. The summed E-state index contributed by atoms with van der Waals surface area (Å²) in [5.41, 5.74) is 18.4. The summed E-state index contributed by atoms with van der Waals surface area (Å²) in [6.07, 6.45) is 6.68. The third kappa shape index (κ3) is 3.04. The fraction of sp³-hybridized carbons (Fsp3) is 0.125. The summed E-state index contributed by atoms with van der Waals surface area (Å²) in [7, 11) is 0. The second-order valence-corrected chi connectivity index (χ2v) is 8.03. The third-order valence-corrected chi connectivity index (χ3v) is 6.02. The molecule has 0 bridgehead atoms. The van der Waals surface area contributed by atoms with Crippen molar-refractivity contribution in [2.45, 2.75) is 18.9 Å². The van der Waals surface area contributed by atoms with Gasteiger partial charge in [-0.15, -0.1) is 0 Å². The van der Waals surface area contributed by atoms with Crippen molar-refractivity contribution in [2.75, 3.05) is 5.73 Å². The van der Waals surface area contributed by atoms with Crippen LogP contribution in [0.15, 0.2) is 61.1 Å². The summed E-state index contributed by atoms with van der Waals surface area (Å²) >= 11 is 0. The van der Waals surface area contributed by atoms with Gasteiger partial charge >= 0.3 is 0 Å². The average molecular weight is 433 g/mol. The Kier molecular flexibility index (Phi) is 4.21. The maximum Gasteiger partial charge on any atom is 0.167 e. The SMILES string of the molecule is N#Cc1cnn(-c2ccc3nc(-c4cccnc4N)n(-c4ccc5c(c4)CC[C@@H]5N)c3n2)c1. The molecule has 4 N–H and O–H groups in total. The Balaban J connectivity index is 1.62. The lowest BCUT2D eigenvalue weighted by molar-refractivity contribution is 0.713. The third-order valence-electron chi connectivity index (χ3n) is 6.02. The highest BCUT2D eigenvalue weighted by Gasteiger charge is 2.23. The van der Waals surface area contributed by atoms with Crippen LogP contribution < -0.4 is 11.5 Å². The number of nitrogens with zero attached hydrogens (tertiary/aromatic N) is 7. The van der Waals surface area contributed by atoms with Gasteiger partial charge in [0.1, 0.15) is 17.4 Å². The summed E-state index contributed by atoms with van der Waals surface area (Å²) in [5.74, 6) is 1.63. The van der Waals surface area contributed by atoms with Crippen LogP contribution in [0, 0.1) is 11.3 Å². The number of pyridine rings is 2. The molecule has 1 aliphatic rings. The van der Waals surface area contributed by atoms with Gasteiger partial charge in [-0.2, -0.15) is 10.4 Å². The Hall–Kier alpha value is -4.55. The summed E-state index contributed by atoms with van der Waals surface area (Å²) in [6, 6.07) is 15.9. The van der Waals surface area contributed by atoms with Gasteiger partial charge in [-0.05, 0) is 60.4 Å². The van der Waals surface area contributed by atoms with Gasteiger partial charge in [0.05, 0.1) is 23.5 Å². The topological polar surface area (TPSA) is 137 Å². The van der Waals surface area contributed by atoms with Crippen LogP contribution in [0.2, 0.25) is 0 Å². The number of fused-ring (bicyclic) bond motifs is 2. The molecule has 0 aliphatic heterocycles. The number of anilines is 1. The molecule has 0 radical (unpaired) electrons. The van der Waals surface area contributed by atoms with E-state index in [1.54, 1.807) is 17.1 Å². The van der Waals surface area contributed by atoms with Gasteiger partial charge in [0.15, 0.2) is 17.3 Å². The highest BCUT2D eigenvalue weighted by molar-refractivity contribution is 5.83. The van der Waals surface area contributed by atoms with Gasteiger partial charge in [-0.1, -0.05) is 6.07 Å². The van der Waals surface area contributed by atoms with E-state index in [1.165, 1.54) is 17.3 Å². The van der Waals surface area contributed by atoms with Gasteiger partial charge in [-0.25, -0.2) is 19.6 Å². The normalized spacial score (nSPS) is 15.0. The van der Waals surface area contributed by atoms with Crippen molar-refractivity contribution in [1.29, 1.82) is 5.26 Å². The maximum atomic E-state index is 9.15. The minimum absolute atomic E-state index is 0.0703. The first-order valence-corrected chi connectivity index (χ1v) is 10.6. The van der Waals surface area contributed by atoms with Crippen molar-refractivity contribution < 1.29 is 0 Å². The Morgan fingerprint density at radius 1 is 1.12 bits per heavy atom. The van der Waals surface area contributed by atoms with Crippen LogP contribution in [0.3, 0.4) is 0 Å². The van der Waals surface area contributed by atoms with Gasteiger partial charge in [-0.3, -0.25) is 4.57 Å². The summed E-state index contributed by atoms with van der Waals surface area (Å²) in [6.45, 7) is 0. The predicted octanol–water partition coefficient (Wildman–Crippen LogP) is 3.07. The first-order valence-electron chi connectivity index (χ1n) is 10.6. The molecule has 4 aromatic heterocycles. The summed E-state index contributed by atoms with van der Waals surface area (Å²) in [4.78, 5) is 14.0. The largest absolute Gasteiger partial charge is 0.383 e. The van der Waals surface area contributed by atoms with Gasteiger partial charge in [0, 0.05) is 17.9 Å². The number of hydrogen-bond acceptors (Lipinski definition) is 7. The van der Waals surface area contributed by atoms with E-state index in [9.17, 15) is 0 Å². The van der Waals surface area contributed by atoms with Crippen LogP contribution in [-0.4, -0.2) is 29.3 Å². The van der Waals surface area contributed by atoms with E-state index in [4.69, 9.17) is 26.7 Å². The number of imidazole rings is 1. The van der Waals surface area contributed by atoms with E-state index in [0.29, 0.717) is 34.2 Å². The molecule has 6 rings (SSSR count). The molecule has 160 valence electrons. The van der Waals surface area contributed by atoms with Crippen LogP contribution in [-0.2, 0) is 6.42 Å². The molecule has 9 heteroatoms. The highest BCUT2D eigenvalue weighted by Crippen LogP contribution is 2.34. The van der Waals surface area contributed by atoms with E-state index >= 15 is 0 Å². The van der Waals surface area contributed by atoms with Gasteiger partial charge in [0.25, 0.3) is 0 Å². The second-order valence-electron chi connectivity index (χ2n) is 8.03. The molecule has 0 spiro atoms. The fourth-order valence-corrected chi connectivity index (χ4v) is 4.39. The van der Waals surface area contributed by atoms with E-state index in [-0.39, 0.29) is 6.04 Å². The Labute approximate surface area is 188 Å². The minimum Gasteiger partial charge on any atom is -0.383 e. The van der Waals surface area contributed by atoms with Crippen molar-refractivity contribution in [3.05, 3.63) is 77.7 Å². The molecule has 4 heterocycles. The zero-order chi connectivity index (χ0) is 22.5. The molecule has 0 saturated heterocycles. The monoisotopic (exact) mass is 433 g/mol. The highest BCUT2D eigenvalue weighted by atomic mass is 15.3. The number of benzene rings is 1. The standard InChI is InChI=1S/C24H19N9/c25-11-14-12-29-32(13-14)21-8-7-20-24(31-21)33(23(30-20)18-2-1-9-28-22(18)27)16-4-5-17-15(10-16)3-6-19(17)26/h1-2,4-5,7-10,12-13,19H,3,6,26H2,(H2,27,28)/t19-/m0/s1. The quantitative estimate of drug-likeness (QED) is 0.446. The van der Waals surface area contributed by atoms with Crippen molar-refractivity contribution in [3.63, 3.8) is 0 Å². The molecule has 9 nitrogen and oxygen atoms in total. The maximum absolute atomic E-state index is 9.15. The number of aryl methyl sites for hydroxylation is 1. The van der Waals surface area contributed by atoms with E-state index in [1.807, 2.05) is 34.9 Å². The van der Waals surface area contributed by atoms with Crippen molar-refractivity contribution in [2.24, 2.45) is 5.73 Å². The second kappa shape index (κ2) is 7.25.